The SMILES string of the molecule is CC(C)CN(CCC(=O)O)C(=O)C1CCOC(C)C1. The number of carbonyl (C=O) groups is 2. The molecule has 0 bridgehead atoms. The molecule has 0 aliphatic carbocycles. The molecule has 2 atom stereocenters. The maximum absolute atomic E-state index is 12.5. The minimum atomic E-state index is -0.859. The molecule has 110 valence electrons. The predicted molar refractivity (Wildman–Crippen MR) is 71.8 cm³/mol. The Morgan fingerprint density at radius 1 is 1.42 bits per heavy atom. The molecule has 1 aliphatic rings. The molecule has 1 saturated heterocycles. The van der Waals surface area contributed by atoms with E-state index in [1.165, 1.54) is 0 Å². The quantitative estimate of drug-likeness (QED) is 0.799. The summed E-state index contributed by atoms with van der Waals surface area (Å²) in [4.78, 5) is 24.9. The zero-order valence-electron chi connectivity index (χ0n) is 12.1. The second-order valence-corrected chi connectivity index (χ2v) is 5.72. The number of hydrogen-bond donors (Lipinski definition) is 1. The lowest BCUT2D eigenvalue weighted by molar-refractivity contribution is -0.143. The molecular weight excluding hydrogens is 246 g/mol. The molecule has 1 amide bonds. The van der Waals surface area contributed by atoms with Crippen LogP contribution in [0.5, 0.6) is 0 Å². The first kappa shape index (κ1) is 16.0. The smallest absolute Gasteiger partial charge is 0.305 e. The zero-order valence-corrected chi connectivity index (χ0v) is 12.1. The van der Waals surface area contributed by atoms with Crippen molar-refractivity contribution in [3.8, 4) is 0 Å². The fraction of sp³-hybridized carbons (Fsp3) is 0.857. The summed E-state index contributed by atoms with van der Waals surface area (Å²) in [6.45, 7) is 7.59. The van der Waals surface area contributed by atoms with E-state index in [0.717, 1.165) is 12.8 Å². The summed E-state index contributed by atoms with van der Waals surface area (Å²) < 4.78 is 5.45. The standard InChI is InChI=1S/C14H25NO4/c1-10(2)9-15(6-4-13(16)17)14(18)12-5-7-19-11(3)8-12/h10-12H,4-9H2,1-3H3,(H,16,17). The van der Waals surface area contributed by atoms with E-state index >= 15 is 0 Å². The fourth-order valence-corrected chi connectivity index (χ4v) is 2.44. The van der Waals surface area contributed by atoms with Crippen LogP contribution in [0, 0.1) is 11.8 Å². The molecule has 1 aliphatic heterocycles. The van der Waals surface area contributed by atoms with Crippen LogP contribution in [0.1, 0.15) is 40.0 Å². The molecule has 2 unspecified atom stereocenters. The van der Waals surface area contributed by atoms with Gasteiger partial charge in [0, 0.05) is 25.6 Å². The number of carboxylic acids is 1. The number of hydrogen-bond acceptors (Lipinski definition) is 3. The van der Waals surface area contributed by atoms with Crippen LogP contribution in [0.3, 0.4) is 0 Å². The first-order chi connectivity index (χ1) is 8.90. The van der Waals surface area contributed by atoms with Crippen LogP contribution in [-0.2, 0) is 14.3 Å². The van der Waals surface area contributed by atoms with Gasteiger partial charge in [-0.25, -0.2) is 0 Å². The summed E-state index contributed by atoms with van der Waals surface area (Å²) in [5, 5.41) is 8.77. The first-order valence-corrected chi connectivity index (χ1v) is 7.02. The van der Waals surface area contributed by atoms with E-state index in [9.17, 15) is 9.59 Å². The lowest BCUT2D eigenvalue weighted by Crippen LogP contribution is -2.42. The Morgan fingerprint density at radius 3 is 2.63 bits per heavy atom. The van der Waals surface area contributed by atoms with Gasteiger partial charge in [0.05, 0.1) is 12.5 Å². The van der Waals surface area contributed by atoms with Crippen LogP contribution < -0.4 is 0 Å². The van der Waals surface area contributed by atoms with Crippen LogP contribution in [0.25, 0.3) is 0 Å². The Labute approximate surface area is 114 Å². The van der Waals surface area contributed by atoms with Crippen LogP contribution in [0.15, 0.2) is 0 Å². The Morgan fingerprint density at radius 2 is 2.11 bits per heavy atom. The maximum atomic E-state index is 12.5. The van der Waals surface area contributed by atoms with Gasteiger partial charge in [0.2, 0.25) is 5.91 Å². The number of nitrogens with zero attached hydrogens (tertiary/aromatic N) is 1. The minimum Gasteiger partial charge on any atom is -0.481 e. The van der Waals surface area contributed by atoms with E-state index in [-0.39, 0.29) is 24.3 Å². The van der Waals surface area contributed by atoms with Crippen LogP contribution in [0.4, 0.5) is 0 Å². The van der Waals surface area contributed by atoms with Crippen molar-refractivity contribution in [2.24, 2.45) is 11.8 Å². The van der Waals surface area contributed by atoms with Gasteiger partial charge in [-0.15, -0.1) is 0 Å². The highest BCUT2D eigenvalue weighted by atomic mass is 16.5. The van der Waals surface area contributed by atoms with E-state index in [2.05, 4.69) is 0 Å². The van der Waals surface area contributed by atoms with Crippen molar-refractivity contribution in [1.82, 2.24) is 4.90 Å². The van der Waals surface area contributed by atoms with Crippen molar-refractivity contribution >= 4 is 11.9 Å². The molecule has 0 radical (unpaired) electrons. The van der Waals surface area contributed by atoms with Crippen LogP contribution in [0.2, 0.25) is 0 Å². The largest absolute Gasteiger partial charge is 0.481 e. The molecule has 0 saturated carbocycles. The zero-order chi connectivity index (χ0) is 14.4. The number of amides is 1. The number of aliphatic carboxylic acids is 1. The second kappa shape index (κ2) is 7.48. The summed E-state index contributed by atoms with van der Waals surface area (Å²) in [6, 6.07) is 0. The number of carbonyl (C=O) groups excluding carboxylic acids is 1. The van der Waals surface area contributed by atoms with Crippen molar-refractivity contribution in [1.29, 1.82) is 0 Å². The molecule has 1 heterocycles. The monoisotopic (exact) mass is 271 g/mol. The highest BCUT2D eigenvalue weighted by Crippen LogP contribution is 2.22. The fourth-order valence-electron chi connectivity index (χ4n) is 2.44. The molecular formula is C14H25NO4. The molecule has 5 heteroatoms. The van der Waals surface area contributed by atoms with E-state index < -0.39 is 5.97 Å². The molecule has 1 fully saturated rings. The van der Waals surface area contributed by atoms with Crippen molar-refractivity contribution in [3.63, 3.8) is 0 Å². The van der Waals surface area contributed by atoms with E-state index in [1.54, 1.807) is 4.90 Å². The topological polar surface area (TPSA) is 66.8 Å². The number of carboxylic acid groups (broad SMARTS) is 1. The second-order valence-electron chi connectivity index (χ2n) is 5.72. The lowest BCUT2D eigenvalue weighted by Gasteiger charge is -2.32. The third-order valence-electron chi connectivity index (χ3n) is 3.33. The predicted octanol–water partition coefficient (Wildman–Crippen LogP) is 1.76. The van der Waals surface area contributed by atoms with E-state index in [0.29, 0.717) is 25.6 Å². The lowest BCUT2D eigenvalue weighted by atomic mass is 9.94. The van der Waals surface area contributed by atoms with Gasteiger partial charge in [-0.05, 0) is 25.7 Å². The highest BCUT2D eigenvalue weighted by Gasteiger charge is 2.29. The summed E-state index contributed by atoms with van der Waals surface area (Å²) >= 11 is 0. The van der Waals surface area contributed by atoms with Gasteiger partial charge in [-0.3, -0.25) is 9.59 Å². The first-order valence-electron chi connectivity index (χ1n) is 7.02. The van der Waals surface area contributed by atoms with Crippen molar-refractivity contribution in [2.45, 2.75) is 46.1 Å². The molecule has 0 aromatic heterocycles. The van der Waals surface area contributed by atoms with Crippen molar-refractivity contribution in [2.75, 3.05) is 19.7 Å². The van der Waals surface area contributed by atoms with Gasteiger partial charge in [-0.1, -0.05) is 13.8 Å². The summed E-state index contributed by atoms with van der Waals surface area (Å²) in [6.07, 6.45) is 1.60. The van der Waals surface area contributed by atoms with Gasteiger partial charge >= 0.3 is 5.97 Å². The molecule has 1 N–H and O–H groups in total. The average Bonchev–Trinajstić information content (AvgIpc) is 2.33. The third kappa shape index (κ3) is 5.59. The van der Waals surface area contributed by atoms with Gasteiger partial charge < -0.3 is 14.7 Å². The van der Waals surface area contributed by atoms with Crippen LogP contribution in [-0.4, -0.2) is 47.7 Å². The highest BCUT2D eigenvalue weighted by molar-refractivity contribution is 5.79. The van der Waals surface area contributed by atoms with Crippen molar-refractivity contribution < 1.29 is 19.4 Å². The summed E-state index contributed by atoms with van der Waals surface area (Å²) in [5.41, 5.74) is 0. The number of ether oxygens (including phenoxy) is 1. The third-order valence-corrected chi connectivity index (χ3v) is 3.33. The molecule has 1 rings (SSSR count). The van der Waals surface area contributed by atoms with E-state index in [4.69, 9.17) is 9.84 Å². The molecule has 0 aromatic rings. The Hall–Kier alpha value is -1.10. The normalized spacial score (nSPS) is 23.4. The molecule has 0 aromatic carbocycles. The van der Waals surface area contributed by atoms with Crippen molar-refractivity contribution in [3.05, 3.63) is 0 Å². The van der Waals surface area contributed by atoms with Crippen LogP contribution >= 0.6 is 0 Å². The molecule has 0 spiro atoms. The Bertz CT molecular complexity index is 317. The Balaban J connectivity index is 2.61. The van der Waals surface area contributed by atoms with E-state index in [1.807, 2.05) is 20.8 Å². The summed E-state index contributed by atoms with van der Waals surface area (Å²) in [7, 11) is 0. The summed E-state index contributed by atoms with van der Waals surface area (Å²) in [5.74, 6) is -0.446. The average molecular weight is 271 g/mol. The molecule has 19 heavy (non-hydrogen) atoms. The molecule has 5 nitrogen and oxygen atoms in total. The van der Waals surface area contributed by atoms with Gasteiger partial charge in [-0.2, -0.15) is 0 Å². The number of rotatable bonds is 6. The van der Waals surface area contributed by atoms with Gasteiger partial charge in [0.15, 0.2) is 0 Å². The van der Waals surface area contributed by atoms with Gasteiger partial charge in [0.25, 0.3) is 0 Å². The Kier molecular flexibility index (Phi) is 6.28. The maximum Gasteiger partial charge on any atom is 0.305 e. The minimum absolute atomic E-state index is 0.0111. The van der Waals surface area contributed by atoms with Gasteiger partial charge in [0.1, 0.15) is 0 Å².